The van der Waals surface area contributed by atoms with Crippen molar-refractivity contribution in [2.75, 3.05) is 0 Å². The third-order valence-electron chi connectivity index (χ3n) is 1.14. The van der Waals surface area contributed by atoms with Gasteiger partial charge < -0.3 is 5.11 Å². The van der Waals surface area contributed by atoms with Crippen LogP contribution in [0.15, 0.2) is 30.5 Å². The van der Waals surface area contributed by atoms with Gasteiger partial charge in [-0.1, -0.05) is 12.1 Å². The molecule has 0 heterocycles. The molecule has 2 heteroatoms. The normalized spacial score (nSPS) is 10.5. The first-order valence-corrected chi connectivity index (χ1v) is 2.89. The Kier molecular flexibility index (Phi) is 2.05. The van der Waals surface area contributed by atoms with Crippen LogP contribution in [0.3, 0.4) is 0 Å². The fourth-order valence-electron chi connectivity index (χ4n) is 0.660. The minimum atomic E-state index is -0.268. The van der Waals surface area contributed by atoms with Crippen LogP contribution < -0.4 is 0 Å². The van der Waals surface area contributed by atoms with E-state index in [1.807, 2.05) is 0 Å². The molecule has 0 aliphatic rings. The average Bonchev–Trinajstić information content (AvgIpc) is 1.95. The second kappa shape index (κ2) is 3.01. The standard InChI is InChI=1S/C8H7FO/c9-8-3-1-7(2-4-8)5-6-10/h1-6,10H. The summed E-state index contributed by atoms with van der Waals surface area (Å²) in [4.78, 5) is 0. The maximum absolute atomic E-state index is 12.2. The topological polar surface area (TPSA) is 20.2 Å². The van der Waals surface area contributed by atoms with Gasteiger partial charge in [0, 0.05) is 0 Å². The lowest BCUT2D eigenvalue weighted by molar-refractivity contribution is 0.478. The third-order valence-corrected chi connectivity index (χ3v) is 1.14. The minimum absolute atomic E-state index is 0.268. The number of aliphatic hydroxyl groups is 1. The lowest BCUT2D eigenvalue weighted by Crippen LogP contribution is -1.73. The second-order valence-electron chi connectivity index (χ2n) is 1.87. The van der Waals surface area contributed by atoms with Gasteiger partial charge in [0.2, 0.25) is 0 Å². The number of hydrogen-bond acceptors (Lipinski definition) is 1. The van der Waals surface area contributed by atoms with Crippen LogP contribution >= 0.6 is 0 Å². The summed E-state index contributed by atoms with van der Waals surface area (Å²) < 4.78 is 12.2. The van der Waals surface area contributed by atoms with Crippen LogP contribution in [0, 0.1) is 5.82 Å². The zero-order chi connectivity index (χ0) is 7.40. The van der Waals surface area contributed by atoms with Gasteiger partial charge in [-0.3, -0.25) is 0 Å². The third kappa shape index (κ3) is 1.58. The summed E-state index contributed by atoms with van der Waals surface area (Å²) in [6, 6.07) is 5.86. The van der Waals surface area contributed by atoms with Crippen molar-refractivity contribution in [2.45, 2.75) is 0 Å². The molecule has 0 amide bonds. The number of benzene rings is 1. The lowest BCUT2D eigenvalue weighted by Gasteiger charge is -1.89. The van der Waals surface area contributed by atoms with Gasteiger partial charge >= 0.3 is 0 Å². The fourth-order valence-corrected chi connectivity index (χ4v) is 0.660. The summed E-state index contributed by atoms with van der Waals surface area (Å²) in [6.45, 7) is 0. The van der Waals surface area contributed by atoms with Gasteiger partial charge in [0.15, 0.2) is 0 Å². The first-order valence-electron chi connectivity index (χ1n) is 2.89. The molecular weight excluding hydrogens is 131 g/mol. The van der Waals surface area contributed by atoms with Crippen LogP contribution in [-0.4, -0.2) is 5.11 Å². The molecule has 0 radical (unpaired) electrons. The molecule has 0 saturated heterocycles. The Balaban J connectivity index is 2.89. The number of aliphatic hydroxyl groups excluding tert-OH is 1. The smallest absolute Gasteiger partial charge is 0.123 e. The van der Waals surface area contributed by atoms with E-state index in [-0.39, 0.29) is 5.82 Å². The van der Waals surface area contributed by atoms with Crippen LogP contribution in [0.4, 0.5) is 4.39 Å². The van der Waals surface area contributed by atoms with Crippen LogP contribution in [0.25, 0.3) is 6.08 Å². The number of halogens is 1. The van der Waals surface area contributed by atoms with Gasteiger partial charge in [0.05, 0.1) is 6.26 Å². The fraction of sp³-hybridized carbons (Fsp3) is 0. The molecule has 1 rings (SSSR count). The summed E-state index contributed by atoms with van der Waals surface area (Å²) in [6.07, 6.45) is 2.41. The molecule has 0 aliphatic carbocycles. The molecule has 0 atom stereocenters. The Hall–Kier alpha value is -1.31. The van der Waals surface area contributed by atoms with Gasteiger partial charge in [0.25, 0.3) is 0 Å². The maximum atomic E-state index is 12.2. The summed E-state index contributed by atoms with van der Waals surface area (Å²) in [5.41, 5.74) is 0.781. The van der Waals surface area contributed by atoms with Gasteiger partial charge in [-0.05, 0) is 23.8 Å². The first-order chi connectivity index (χ1) is 4.83. The van der Waals surface area contributed by atoms with Crippen LogP contribution in [0.5, 0.6) is 0 Å². The van der Waals surface area contributed by atoms with E-state index in [4.69, 9.17) is 5.11 Å². The van der Waals surface area contributed by atoms with Crippen molar-refractivity contribution in [2.24, 2.45) is 0 Å². The Morgan fingerprint density at radius 3 is 2.30 bits per heavy atom. The van der Waals surface area contributed by atoms with Crippen molar-refractivity contribution >= 4 is 6.08 Å². The Morgan fingerprint density at radius 1 is 1.20 bits per heavy atom. The summed E-state index contributed by atoms with van der Waals surface area (Å²) in [7, 11) is 0. The molecule has 1 aromatic rings. The van der Waals surface area contributed by atoms with Crippen LogP contribution in [0.2, 0.25) is 0 Å². The molecule has 1 aromatic carbocycles. The quantitative estimate of drug-likeness (QED) is 0.590. The highest BCUT2D eigenvalue weighted by atomic mass is 19.1. The van der Waals surface area contributed by atoms with E-state index < -0.39 is 0 Å². The Morgan fingerprint density at radius 2 is 1.80 bits per heavy atom. The molecule has 10 heavy (non-hydrogen) atoms. The summed E-state index contributed by atoms with van der Waals surface area (Å²) in [5, 5.41) is 8.31. The van der Waals surface area contributed by atoms with Crippen molar-refractivity contribution < 1.29 is 9.50 Å². The number of hydrogen-bond donors (Lipinski definition) is 1. The highest BCUT2D eigenvalue weighted by Crippen LogP contribution is 2.03. The van der Waals surface area contributed by atoms with Crippen LogP contribution in [-0.2, 0) is 0 Å². The molecule has 0 bridgehead atoms. The molecule has 0 unspecified atom stereocenters. The summed E-state index contributed by atoms with van der Waals surface area (Å²) in [5.74, 6) is -0.268. The van der Waals surface area contributed by atoms with E-state index in [0.29, 0.717) is 0 Å². The zero-order valence-electron chi connectivity index (χ0n) is 5.29. The Bertz CT molecular complexity index is 226. The largest absolute Gasteiger partial charge is 0.516 e. The van der Waals surface area contributed by atoms with Gasteiger partial charge in [-0.25, -0.2) is 4.39 Å². The zero-order valence-corrected chi connectivity index (χ0v) is 5.29. The van der Waals surface area contributed by atoms with E-state index in [0.717, 1.165) is 11.8 Å². The van der Waals surface area contributed by atoms with Crippen molar-refractivity contribution in [3.05, 3.63) is 41.9 Å². The Labute approximate surface area is 58.4 Å². The van der Waals surface area contributed by atoms with Crippen molar-refractivity contribution in [3.63, 3.8) is 0 Å². The first kappa shape index (κ1) is 6.81. The molecule has 0 fully saturated rings. The van der Waals surface area contributed by atoms with Crippen molar-refractivity contribution in [3.8, 4) is 0 Å². The molecule has 1 nitrogen and oxygen atoms in total. The SMILES string of the molecule is OC=Cc1ccc(F)cc1. The van der Waals surface area contributed by atoms with Gasteiger partial charge in [-0.15, -0.1) is 0 Å². The molecule has 1 N–H and O–H groups in total. The molecule has 0 aromatic heterocycles. The monoisotopic (exact) mass is 138 g/mol. The van der Waals surface area contributed by atoms with Crippen molar-refractivity contribution in [1.29, 1.82) is 0 Å². The molecule has 0 saturated carbocycles. The molecule has 52 valence electrons. The average molecular weight is 138 g/mol. The van der Waals surface area contributed by atoms with E-state index in [9.17, 15) is 4.39 Å². The van der Waals surface area contributed by atoms with Gasteiger partial charge in [0.1, 0.15) is 5.82 Å². The lowest BCUT2D eigenvalue weighted by atomic mass is 10.2. The van der Waals surface area contributed by atoms with E-state index in [1.165, 1.54) is 18.2 Å². The van der Waals surface area contributed by atoms with E-state index in [1.54, 1.807) is 12.1 Å². The predicted octanol–water partition coefficient (Wildman–Crippen LogP) is 2.35. The number of rotatable bonds is 1. The van der Waals surface area contributed by atoms with E-state index >= 15 is 0 Å². The molecule has 0 spiro atoms. The second-order valence-corrected chi connectivity index (χ2v) is 1.87. The predicted molar refractivity (Wildman–Crippen MR) is 38.1 cm³/mol. The highest BCUT2D eigenvalue weighted by Gasteiger charge is 1.86. The maximum Gasteiger partial charge on any atom is 0.123 e. The van der Waals surface area contributed by atoms with Crippen LogP contribution in [0.1, 0.15) is 5.56 Å². The highest BCUT2D eigenvalue weighted by molar-refractivity contribution is 5.47. The minimum Gasteiger partial charge on any atom is -0.516 e. The molecular formula is C8H7FO. The molecule has 0 aliphatic heterocycles. The summed E-state index contributed by atoms with van der Waals surface area (Å²) >= 11 is 0. The van der Waals surface area contributed by atoms with Crippen molar-refractivity contribution in [1.82, 2.24) is 0 Å². The van der Waals surface area contributed by atoms with Gasteiger partial charge in [-0.2, -0.15) is 0 Å². The van der Waals surface area contributed by atoms with E-state index in [2.05, 4.69) is 0 Å².